The molecule has 0 radical (unpaired) electrons. The van der Waals surface area contributed by atoms with Gasteiger partial charge in [0.05, 0.1) is 11.8 Å². The van der Waals surface area contributed by atoms with Crippen molar-refractivity contribution in [2.75, 3.05) is 18.1 Å². The fourth-order valence-electron chi connectivity index (χ4n) is 4.43. The number of benzene rings is 3. The van der Waals surface area contributed by atoms with Crippen LogP contribution in [-0.2, 0) is 4.79 Å². The minimum atomic E-state index is -0.304. The molecule has 0 unspecified atom stereocenters. The van der Waals surface area contributed by atoms with Crippen molar-refractivity contribution in [3.63, 3.8) is 0 Å². The molecule has 5 heteroatoms. The van der Waals surface area contributed by atoms with Crippen molar-refractivity contribution >= 4 is 34.2 Å². The number of nitrogens with one attached hydrogen (secondary N) is 1. The third-order valence-electron chi connectivity index (χ3n) is 5.83. The molecule has 0 fully saturated rings. The molecule has 0 saturated heterocycles. The molecular formula is C27H29N3O2. The smallest absolute Gasteiger partial charge is 0.277 e. The van der Waals surface area contributed by atoms with Gasteiger partial charge in [-0.2, -0.15) is 5.10 Å². The molecule has 32 heavy (non-hydrogen) atoms. The summed E-state index contributed by atoms with van der Waals surface area (Å²) in [6.07, 6.45) is 3.96. The van der Waals surface area contributed by atoms with Gasteiger partial charge in [0.2, 0.25) is 0 Å². The molecular weight excluding hydrogens is 398 g/mol. The Kier molecular flexibility index (Phi) is 5.99. The van der Waals surface area contributed by atoms with Crippen LogP contribution < -0.4 is 15.1 Å². The van der Waals surface area contributed by atoms with Gasteiger partial charge in [-0.25, -0.2) is 5.43 Å². The number of rotatable bonds is 6. The number of anilines is 1. The lowest BCUT2D eigenvalue weighted by atomic mass is 9.88. The van der Waals surface area contributed by atoms with Crippen molar-refractivity contribution in [3.05, 3.63) is 77.9 Å². The predicted molar refractivity (Wildman–Crippen MR) is 132 cm³/mol. The number of ether oxygens (including phenoxy) is 1. The maximum atomic E-state index is 12.2. The topological polar surface area (TPSA) is 53.9 Å². The summed E-state index contributed by atoms with van der Waals surface area (Å²) in [4.78, 5) is 14.6. The minimum Gasteiger partial charge on any atom is -0.483 e. The summed E-state index contributed by atoms with van der Waals surface area (Å²) in [6, 6.07) is 20.0. The van der Waals surface area contributed by atoms with Crippen molar-refractivity contribution < 1.29 is 9.53 Å². The lowest BCUT2D eigenvalue weighted by molar-refractivity contribution is -0.123. The van der Waals surface area contributed by atoms with Gasteiger partial charge in [0, 0.05) is 23.2 Å². The molecule has 1 amide bonds. The Labute approximate surface area is 189 Å². The zero-order valence-corrected chi connectivity index (χ0v) is 19.1. The summed E-state index contributed by atoms with van der Waals surface area (Å²) in [5.74, 6) is 0.379. The first-order chi connectivity index (χ1) is 15.4. The standard InChI is InChI=1S/C27H29N3O2/c1-5-30-24-14-13-20(15-23(24)19(2)16-27(30,3)4)17-28-29-26(31)18-32-25-12-8-10-21-9-6-7-11-22(21)25/h6-17H,5,18H2,1-4H3,(H,29,31)/b28-17-. The third kappa shape index (κ3) is 4.37. The maximum absolute atomic E-state index is 12.2. The zero-order chi connectivity index (χ0) is 22.7. The van der Waals surface area contributed by atoms with E-state index in [1.54, 1.807) is 6.21 Å². The van der Waals surface area contributed by atoms with Crippen LogP contribution in [0.4, 0.5) is 5.69 Å². The Bertz CT molecular complexity index is 1210. The molecule has 0 saturated carbocycles. The van der Waals surface area contributed by atoms with E-state index in [9.17, 15) is 4.79 Å². The van der Waals surface area contributed by atoms with E-state index in [0.29, 0.717) is 5.75 Å². The highest BCUT2D eigenvalue weighted by Gasteiger charge is 2.29. The van der Waals surface area contributed by atoms with E-state index in [0.717, 1.165) is 22.9 Å². The van der Waals surface area contributed by atoms with Gasteiger partial charge in [0.15, 0.2) is 6.61 Å². The summed E-state index contributed by atoms with van der Waals surface area (Å²) in [5.41, 5.74) is 7.14. The van der Waals surface area contributed by atoms with Crippen molar-refractivity contribution in [2.24, 2.45) is 5.10 Å². The lowest BCUT2D eigenvalue weighted by Crippen LogP contribution is -2.44. The summed E-state index contributed by atoms with van der Waals surface area (Å²) in [7, 11) is 0. The van der Waals surface area contributed by atoms with Gasteiger partial charge in [-0.05, 0) is 62.4 Å². The largest absolute Gasteiger partial charge is 0.483 e. The fourth-order valence-corrected chi connectivity index (χ4v) is 4.43. The average Bonchev–Trinajstić information content (AvgIpc) is 2.77. The van der Waals surface area contributed by atoms with Crippen molar-refractivity contribution in [1.29, 1.82) is 0 Å². The van der Waals surface area contributed by atoms with E-state index < -0.39 is 0 Å². The van der Waals surface area contributed by atoms with Gasteiger partial charge >= 0.3 is 0 Å². The van der Waals surface area contributed by atoms with Crippen molar-refractivity contribution in [3.8, 4) is 5.75 Å². The van der Waals surface area contributed by atoms with Crippen molar-refractivity contribution in [2.45, 2.75) is 33.2 Å². The quantitative estimate of drug-likeness (QED) is 0.424. The van der Waals surface area contributed by atoms with Crippen LogP contribution in [-0.4, -0.2) is 30.8 Å². The molecule has 0 aliphatic carbocycles. The van der Waals surface area contributed by atoms with Crippen LogP contribution in [0, 0.1) is 0 Å². The lowest BCUT2D eigenvalue weighted by Gasteiger charge is -2.42. The number of nitrogens with zero attached hydrogens (tertiary/aromatic N) is 2. The number of amides is 1. The van der Waals surface area contributed by atoms with E-state index >= 15 is 0 Å². The van der Waals surface area contributed by atoms with Gasteiger partial charge < -0.3 is 9.64 Å². The molecule has 0 atom stereocenters. The third-order valence-corrected chi connectivity index (χ3v) is 5.83. The van der Waals surface area contributed by atoms with Crippen LogP contribution in [0.1, 0.15) is 38.8 Å². The maximum Gasteiger partial charge on any atom is 0.277 e. The highest BCUT2D eigenvalue weighted by Crippen LogP contribution is 2.38. The van der Waals surface area contributed by atoms with Crippen LogP contribution in [0.15, 0.2) is 71.8 Å². The molecule has 5 nitrogen and oxygen atoms in total. The first-order valence-corrected chi connectivity index (χ1v) is 10.9. The predicted octanol–water partition coefficient (Wildman–Crippen LogP) is 5.39. The van der Waals surface area contributed by atoms with Crippen LogP contribution in [0.5, 0.6) is 5.75 Å². The molecule has 1 aliphatic heterocycles. The second-order valence-electron chi connectivity index (χ2n) is 8.56. The number of hydrogen-bond acceptors (Lipinski definition) is 4. The number of carbonyl (C=O) groups is 1. The highest BCUT2D eigenvalue weighted by molar-refractivity contribution is 5.90. The fraction of sp³-hybridized carbons (Fsp3) is 0.259. The summed E-state index contributed by atoms with van der Waals surface area (Å²) in [5, 5.41) is 6.17. The van der Waals surface area contributed by atoms with Gasteiger partial charge in [-0.15, -0.1) is 0 Å². The van der Waals surface area contributed by atoms with Gasteiger partial charge in [-0.1, -0.05) is 48.5 Å². The highest BCUT2D eigenvalue weighted by atomic mass is 16.5. The first-order valence-electron chi connectivity index (χ1n) is 10.9. The van der Waals surface area contributed by atoms with E-state index in [1.165, 1.54) is 16.8 Å². The number of hydrogen-bond donors (Lipinski definition) is 1. The summed E-state index contributed by atoms with van der Waals surface area (Å²) in [6.45, 7) is 9.61. The minimum absolute atomic E-state index is 0.0144. The molecule has 4 rings (SSSR count). The van der Waals surface area contributed by atoms with E-state index in [1.807, 2.05) is 48.5 Å². The molecule has 0 aromatic heterocycles. The van der Waals surface area contributed by atoms with Crippen LogP contribution >= 0.6 is 0 Å². The number of likely N-dealkylation sites (N-methyl/N-ethyl adjacent to an activating group) is 1. The van der Waals surface area contributed by atoms with Gasteiger partial charge in [0.1, 0.15) is 5.75 Å². The Hall–Kier alpha value is -3.60. The number of hydrazone groups is 1. The molecule has 0 bridgehead atoms. The Morgan fingerprint density at radius 1 is 1.12 bits per heavy atom. The monoisotopic (exact) mass is 427 g/mol. The zero-order valence-electron chi connectivity index (χ0n) is 19.1. The van der Waals surface area contributed by atoms with Gasteiger partial charge in [-0.3, -0.25) is 4.79 Å². The summed E-state index contributed by atoms with van der Waals surface area (Å²) >= 11 is 0. The molecule has 1 aliphatic rings. The van der Waals surface area contributed by atoms with Crippen LogP contribution in [0.2, 0.25) is 0 Å². The van der Waals surface area contributed by atoms with Crippen LogP contribution in [0.3, 0.4) is 0 Å². The molecule has 1 heterocycles. The Balaban J connectivity index is 1.40. The molecule has 3 aromatic rings. The Morgan fingerprint density at radius 2 is 1.91 bits per heavy atom. The van der Waals surface area contributed by atoms with E-state index in [4.69, 9.17) is 4.74 Å². The SMILES string of the molecule is CCN1c2ccc(/C=N\NC(=O)COc3cccc4ccccc34)cc2C(C)=CC1(C)C. The molecule has 164 valence electrons. The average molecular weight is 428 g/mol. The molecule has 1 N–H and O–H groups in total. The van der Waals surface area contributed by atoms with Crippen molar-refractivity contribution in [1.82, 2.24) is 5.43 Å². The second-order valence-corrected chi connectivity index (χ2v) is 8.56. The summed E-state index contributed by atoms with van der Waals surface area (Å²) < 4.78 is 5.72. The first kappa shape index (κ1) is 21.6. The van der Waals surface area contributed by atoms with E-state index in [2.05, 4.69) is 61.3 Å². The Morgan fingerprint density at radius 3 is 2.72 bits per heavy atom. The van der Waals surface area contributed by atoms with Gasteiger partial charge in [0.25, 0.3) is 5.91 Å². The number of carbonyl (C=O) groups excluding carboxylic acids is 1. The molecule has 0 spiro atoms. The number of fused-ring (bicyclic) bond motifs is 2. The molecule has 3 aromatic carbocycles. The second kappa shape index (κ2) is 8.87. The normalized spacial score (nSPS) is 14.9. The number of allylic oxidation sites excluding steroid dienone is 1. The van der Waals surface area contributed by atoms with E-state index in [-0.39, 0.29) is 18.1 Å². The van der Waals surface area contributed by atoms with Crippen LogP contribution in [0.25, 0.3) is 16.3 Å².